The number of cyclic esters (lactones) is 1. The Morgan fingerprint density at radius 2 is 1.64 bits per heavy atom. The molecule has 2 aliphatic carbocycles. The molecule has 0 aromatic heterocycles. The largest absolute Gasteiger partial charge is 0.463 e. The van der Waals surface area contributed by atoms with Gasteiger partial charge in [-0.3, -0.25) is 14.5 Å². The molecule has 0 unspecified atom stereocenters. The maximum atomic E-state index is 14.3. The third-order valence-corrected chi connectivity index (χ3v) is 12.2. The molecule has 0 amide bonds. The van der Waals surface area contributed by atoms with E-state index in [2.05, 4.69) is 37.7 Å². The first-order chi connectivity index (χ1) is 21.8. The lowest BCUT2D eigenvalue weighted by Crippen LogP contribution is -2.59. The molecule has 47 heavy (non-hydrogen) atoms. The van der Waals surface area contributed by atoms with Gasteiger partial charge in [0.1, 0.15) is 18.1 Å². The van der Waals surface area contributed by atoms with Crippen LogP contribution in [0.25, 0.3) is 0 Å². The van der Waals surface area contributed by atoms with Crippen molar-refractivity contribution >= 4 is 11.8 Å². The number of rotatable bonds is 9. The van der Waals surface area contributed by atoms with Crippen molar-refractivity contribution in [2.45, 2.75) is 141 Å². The number of aliphatic hydroxyl groups excluding tert-OH is 1. The molecule has 2 saturated carbocycles. The number of nitrogens with zero attached hydrogens (tertiary/aromatic N) is 3. The Morgan fingerprint density at radius 3 is 2.21 bits per heavy atom. The van der Waals surface area contributed by atoms with Gasteiger partial charge < -0.3 is 33.9 Å². The van der Waals surface area contributed by atoms with Crippen LogP contribution in [0.15, 0.2) is 0 Å². The molecule has 10 heteroatoms. The second-order valence-corrected chi connectivity index (χ2v) is 17.3. The summed E-state index contributed by atoms with van der Waals surface area (Å²) >= 11 is 0. The van der Waals surface area contributed by atoms with Crippen LogP contribution in [-0.4, -0.2) is 134 Å². The average molecular weight is 666 g/mol. The normalized spacial score (nSPS) is 42.7. The van der Waals surface area contributed by atoms with Crippen molar-refractivity contribution in [3.8, 4) is 0 Å². The van der Waals surface area contributed by atoms with E-state index in [4.69, 9.17) is 18.9 Å². The summed E-state index contributed by atoms with van der Waals surface area (Å²) in [6, 6.07) is 0.463. The van der Waals surface area contributed by atoms with Crippen molar-refractivity contribution in [3.63, 3.8) is 0 Å². The monoisotopic (exact) mass is 665 g/mol. The number of aliphatic hydroxyl groups is 1. The van der Waals surface area contributed by atoms with Crippen LogP contribution in [0.5, 0.6) is 0 Å². The summed E-state index contributed by atoms with van der Waals surface area (Å²) in [6.45, 7) is 15.7. The van der Waals surface area contributed by atoms with E-state index in [9.17, 15) is 14.7 Å². The number of hydrogen-bond acceptors (Lipinski definition) is 10. The summed E-state index contributed by atoms with van der Waals surface area (Å²) in [5, 5.41) is 11.4. The van der Waals surface area contributed by atoms with E-state index in [0.717, 1.165) is 18.9 Å². The van der Waals surface area contributed by atoms with Crippen LogP contribution in [0.2, 0.25) is 0 Å². The molecule has 0 bridgehead atoms. The SMILES string of the molecule is CO[C@]1(C)C[C@@H](C)CN(C)[C@](C)(CC2CC(N(C)CC3CC3)C2)COC(=O)C(C)(C)C(=O)[C@H](C)[C@H]1O[C@@H]1O[C@H](C)C[C@H](N(C)C)[C@H]1O. The quantitative estimate of drug-likeness (QED) is 0.285. The molecule has 2 saturated heterocycles. The fourth-order valence-electron chi connectivity index (χ4n) is 8.59. The number of esters is 1. The van der Waals surface area contributed by atoms with Crippen LogP contribution in [0, 0.1) is 29.1 Å². The second-order valence-electron chi connectivity index (χ2n) is 17.3. The highest BCUT2D eigenvalue weighted by Crippen LogP contribution is 2.42. The number of hydrogen-bond donors (Lipinski definition) is 1. The number of ketones is 1. The maximum absolute atomic E-state index is 14.3. The van der Waals surface area contributed by atoms with E-state index in [-0.39, 0.29) is 36.0 Å². The van der Waals surface area contributed by atoms with Gasteiger partial charge in [-0.25, -0.2) is 0 Å². The summed E-state index contributed by atoms with van der Waals surface area (Å²) in [4.78, 5) is 35.0. The van der Waals surface area contributed by atoms with Crippen LogP contribution in [0.1, 0.15) is 93.4 Å². The summed E-state index contributed by atoms with van der Waals surface area (Å²) in [7, 11) is 9.92. The highest BCUT2D eigenvalue weighted by Gasteiger charge is 2.52. The lowest BCUT2D eigenvalue weighted by Gasteiger charge is -2.48. The van der Waals surface area contributed by atoms with Gasteiger partial charge in [0.05, 0.1) is 23.3 Å². The predicted molar refractivity (Wildman–Crippen MR) is 183 cm³/mol. The van der Waals surface area contributed by atoms with Crippen molar-refractivity contribution in [1.29, 1.82) is 0 Å². The Morgan fingerprint density at radius 1 is 1.00 bits per heavy atom. The summed E-state index contributed by atoms with van der Waals surface area (Å²) in [5.74, 6) is 0.0579. The average Bonchev–Trinajstić information content (AvgIpc) is 3.79. The minimum atomic E-state index is -1.41. The number of Topliss-reactive ketones (excluding diaryl/α,β-unsaturated/α-hetero) is 1. The molecule has 0 aromatic carbocycles. The maximum Gasteiger partial charge on any atom is 0.319 e. The molecule has 1 N–H and O–H groups in total. The number of likely N-dealkylation sites (N-methyl/N-ethyl adjacent to an activating group) is 2. The van der Waals surface area contributed by atoms with Crippen LogP contribution in [0.3, 0.4) is 0 Å². The first-order valence-corrected chi connectivity index (χ1v) is 18.1. The second kappa shape index (κ2) is 15.0. The first-order valence-electron chi connectivity index (χ1n) is 18.1. The number of carbonyl (C=O) groups is 2. The molecule has 2 aliphatic heterocycles. The van der Waals surface area contributed by atoms with Gasteiger partial charge in [-0.1, -0.05) is 13.8 Å². The van der Waals surface area contributed by atoms with Gasteiger partial charge in [-0.15, -0.1) is 0 Å². The van der Waals surface area contributed by atoms with E-state index in [1.54, 1.807) is 27.9 Å². The van der Waals surface area contributed by atoms with Crippen LogP contribution >= 0.6 is 0 Å². The summed E-state index contributed by atoms with van der Waals surface area (Å²) in [5.41, 5.74) is -2.71. The Labute approximate surface area is 285 Å². The molecule has 9 atom stereocenters. The highest BCUT2D eigenvalue weighted by atomic mass is 16.7. The van der Waals surface area contributed by atoms with Gasteiger partial charge in [0.15, 0.2) is 12.1 Å². The molecule has 10 nitrogen and oxygen atoms in total. The standard InChI is InChI=1S/C37H67N3O7/c1-23-18-37(7,44-12)32(47-33-30(41)29(38(8)9)15-24(2)46-33)25(3)31(42)35(4,5)34(43)45-22-36(6,40(11)20-23)19-27-16-28(17-27)39(10)21-26-13-14-26/h23-30,32-33,41H,13-22H2,1-12H3/t23-,24-,25+,27?,28?,29+,30-,32-,33+,36-,37-/m1/s1. The zero-order valence-corrected chi connectivity index (χ0v) is 31.6. The van der Waals surface area contributed by atoms with E-state index in [1.807, 2.05) is 32.8 Å². The van der Waals surface area contributed by atoms with E-state index >= 15 is 0 Å². The molecule has 4 aliphatic rings. The zero-order valence-electron chi connectivity index (χ0n) is 31.6. The van der Waals surface area contributed by atoms with Crippen LogP contribution in [0.4, 0.5) is 0 Å². The molecule has 4 rings (SSSR count). The Kier molecular flexibility index (Phi) is 12.3. The minimum absolute atomic E-state index is 0.147. The lowest BCUT2D eigenvalue weighted by atomic mass is 9.72. The van der Waals surface area contributed by atoms with Crippen molar-refractivity contribution in [2.75, 3.05) is 55.0 Å². The van der Waals surface area contributed by atoms with Crippen molar-refractivity contribution in [2.24, 2.45) is 29.1 Å². The van der Waals surface area contributed by atoms with Gasteiger partial charge in [0.2, 0.25) is 0 Å². The van der Waals surface area contributed by atoms with E-state index in [1.165, 1.54) is 32.2 Å². The molecule has 4 fully saturated rings. The third kappa shape index (κ3) is 8.78. The topological polar surface area (TPSA) is 101 Å². The van der Waals surface area contributed by atoms with Crippen LogP contribution < -0.4 is 0 Å². The van der Waals surface area contributed by atoms with Gasteiger partial charge in [0, 0.05) is 38.2 Å². The number of carbonyl (C=O) groups excluding carboxylic acids is 2. The smallest absolute Gasteiger partial charge is 0.319 e. The molecule has 0 radical (unpaired) electrons. The fraction of sp³-hybridized carbons (Fsp3) is 0.946. The predicted octanol–water partition coefficient (Wildman–Crippen LogP) is 4.22. The van der Waals surface area contributed by atoms with E-state index < -0.39 is 41.4 Å². The van der Waals surface area contributed by atoms with Crippen molar-refractivity contribution < 1.29 is 33.6 Å². The highest BCUT2D eigenvalue weighted by molar-refractivity contribution is 6.04. The van der Waals surface area contributed by atoms with Gasteiger partial charge in [0.25, 0.3) is 0 Å². The molecule has 272 valence electrons. The van der Waals surface area contributed by atoms with E-state index in [0.29, 0.717) is 24.8 Å². The zero-order chi connectivity index (χ0) is 35.1. The van der Waals surface area contributed by atoms with Crippen LogP contribution in [-0.2, 0) is 28.5 Å². The molecule has 2 heterocycles. The first kappa shape index (κ1) is 38.7. The molecular weight excluding hydrogens is 598 g/mol. The Hall–Kier alpha value is -1.14. The Balaban J connectivity index is 1.59. The van der Waals surface area contributed by atoms with Gasteiger partial charge >= 0.3 is 5.97 Å². The van der Waals surface area contributed by atoms with Crippen molar-refractivity contribution in [3.05, 3.63) is 0 Å². The lowest BCUT2D eigenvalue weighted by molar-refractivity contribution is -0.295. The Bertz CT molecular complexity index is 1080. The fourth-order valence-corrected chi connectivity index (χ4v) is 8.59. The van der Waals surface area contributed by atoms with Gasteiger partial charge in [-0.05, 0) is 126 Å². The number of methoxy groups -OCH3 is 1. The molecular formula is C37H67N3O7. The number of ether oxygens (including phenoxy) is 4. The molecule has 0 aromatic rings. The van der Waals surface area contributed by atoms with Crippen molar-refractivity contribution in [1.82, 2.24) is 14.7 Å². The summed E-state index contributed by atoms with van der Waals surface area (Å²) in [6.07, 6.45) is 4.45. The minimum Gasteiger partial charge on any atom is -0.463 e. The third-order valence-electron chi connectivity index (χ3n) is 12.2. The molecule has 0 spiro atoms. The van der Waals surface area contributed by atoms with Gasteiger partial charge in [-0.2, -0.15) is 0 Å². The summed E-state index contributed by atoms with van der Waals surface area (Å²) < 4.78 is 25.2.